The summed E-state index contributed by atoms with van der Waals surface area (Å²) in [6, 6.07) is 7.69. The summed E-state index contributed by atoms with van der Waals surface area (Å²) >= 11 is 0. The molecule has 3 nitrogen and oxygen atoms in total. The summed E-state index contributed by atoms with van der Waals surface area (Å²) in [6.45, 7) is 2.74. The maximum Gasteiger partial charge on any atom is 0.125 e. The summed E-state index contributed by atoms with van der Waals surface area (Å²) in [7, 11) is 1.67. The topological polar surface area (TPSA) is 38.7 Å². The quantitative estimate of drug-likeness (QED) is 0.808. The molecule has 0 amide bonds. The second-order valence-electron chi connectivity index (χ2n) is 4.87. The lowest BCUT2D eigenvalue weighted by molar-refractivity contribution is -0.0270. The van der Waals surface area contributed by atoms with Crippen molar-refractivity contribution in [2.45, 2.75) is 38.4 Å². The van der Waals surface area contributed by atoms with Crippen LogP contribution in [0.2, 0.25) is 0 Å². The average Bonchev–Trinajstić information content (AvgIpc) is 3.22. The summed E-state index contributed by atoms with van der Waals surface area (Å²) in [5, 5.41) is 10.5. The monoisotopic (exact) mass is 250 g/mol. The highest BCUT2D eigenvalue weighted by Gasteiger charge is 2.37. The van der Waals surface area contributed by atoms with Gasteiger partial charge in [-0.25, -0.2) is 0 Å². The molecule has 1 fully saturated rings. The van der Waals surface area contributed by atoms with Gasteiger partial charge in [0, 0.05) is 12.7 Å². The molecule has 1 saturated carbocycles. The normalized spacial score (nSPS) is 18.4. The van der Waals surface area contributed by atoms with E-state index in [0.29, 0.717) is 12.5 Å². The van der Waals surface area contributed by atoms with Crippen LogP contribution in [0.4, 0.5) is 0 Å². The zero-order valence-electron chi connectivity index (χ0n) is 11.1. The van der Waals surface area contributed by atoms with E-state index >= 15 is 0 Å². The molecular formula is C15H22O3. The molecule has 100 valence electrons. The van der Waals surface area contributed by atoms with Crippen molar-refractivity contribution in [3.63, 3.8) is 0 Å². The Labute approximate surface area is 109 Å². The zero-order chi connectivity index (χ0) is 13.0. The molecule has 0 saturated heterocycles. The number of rotatable bonds is 7. The molecule has 0 radical (unpaired) electrons. The van der Waals surface area contributed by atoms with Gasteiger partial charge >= 0.3 is 0 Å². The van der Waals surface area contributed by atoms with Crippen LogP contribution in [0.3, 0.4) is 0 Å². The Kier molecular flexibility index (Phi) is 4.61. The first-order chi connectivity index (χ1) is 8.77. The van der Waals surface area contributed by atoms with E-state index in [0.717, 1.165) is 30.6 Å². The number of aliphatic hydroxyl groups is 1. The Morgan fingerprint density at radius 2 is 2.06 bits per heavy atom. The van der Waals surface area contributed by atoms with Gasteiger partial charge in [0.15, 0.2) is 0 Å². The molecule has 1 aromatic rings. The fraction of sp³-hybridized carbons (Fsp3) is 0.600. The SMILES string of the molecule is CCCOc1ccccc1C(O)C(OC)C1CC1. The fourth-order valence-electron chi connectivity index (χ4n) is 2.25. The van der Waals surface area contributed by atoms with E-state index in [4.69, 9.17) is 9.47 Å². The first-order valence-electron chi connectivity index (χ1n) is 6.70. The molecule has 0 aromatic heterocycles. The highest BCUT2D eigenvalue weighted by atomic mass is 16.5. The lowest BCUT2D eigenvalue weighted by atomic mass is 10.00. The number of hydrogen-bond acceptors (Lipinski definition) is 3. The van der Waals surface area contributed by atoms with Crippen LogP contribution in [-0.2, 0) is 4.74 Å². The molecular weight excluding hydrogens is 228 g/mol. The van der Waals surface area contributed by atoms with Crippen molar-refractivity contribution in [3.8, 4) is 5.75 Å². The Balaban J connectivity index is 2.14. The maximum atomic E-state index is 10.5. The van der Waals surface area contributed by atoms with E-state index in [1.54, 1.807) is 7.11 Å². The number of aliphatic hydroxyl groups excluding tert-OH is 1. The van der Waals surface area contributed by atoms with Crippen molar-refractivity contribution in [2.75, 3.05) is 13.7 Å². The number of hydrogen-bond donors (Lipinski definition) is 1. The van der Waals surface area contributed by atoms with E-state index in [1.807, 2.05) is 24.3 Å². The molecule has 3 heteroatoms. The van der Waals surface area contributed by atoms with E-state index in [1.165, 1.54) is 0 Å². The van der Waals surface area contributed by atoms with Gasteiger partial charge in [0.2, 0.25) is 0 Å². The third-order valence-electron chi connectivity index (χ3n) is 3.37. The van der Waals surface area contributed by atoms with Gasteiger partial charge in [0.1, 0.15) is 11.9 Å². The molecule has 18 heavy (non-hydrogen) atoms. The Hall–Kier alpha value is -1.06. The van der Waals surface area contributed by atoms with Crippen LogP contribution in [0, 0.1) is 5.92 Å². The molecule has 1 aromatic carbocycles. The van der Waals surface area contributed by atoms with E-state index < -0.39 is 6.10 Å². The van der Waals surface area contributed by atoms with E-state index in [2.05, 4.69) is 6.92 Å². The first kappa shape index (κ1) is 13.4. The Morgan fingerprint density at radius 1 is 1.33 bits per heavy atom. The van der Waals surface area contributed by atoms with Gasteiger partial charge in [-0.1, -0.05) is 25.1 Å². The number of methoxy groups -OCH3 is 1. The van der Waals surface area contributed by atoms with Crippen LogP contribution < -0.4 is 4.74 Å². The van der Waals surface area contributed by atoms with Crippen molar-refractivity contribution in [1.29, 1.82) is 0 Å². The van der Waals surface area contributed by atoms with Gasteiger partial charge in [-0.2, -0.15) is 0 Å². The van der Waals surface area contributed by atoms with Crippen LogP contribution >= 0.6 is 0 Å². The molecule has 2 unspecified atom stereocenters. The second-order valence-corrected chi connectivity index (χ2v) is 4.87. The lowest BCUT2D eigenvalue weighted by Crippen LogP contribution is -2.23. The van der Waals surface area contributed by atoms with Crippen LogP contribution in [-0.4, -0.2) is 24.9 Å². The van der Waals surface area contributed by atoms with Gasteiger partial charge in [-0.15, -0.1) is 0 Å². The van der Waals surface area contributed by atoms with Crippen LogP contribution in [0.1, 0.15) is 37.9 Å². The molecule has 0 heterocycles. The number of para-hydroxylation sites is 1. The molecule has 1 aliphatic rings. The molecule has 1 aliphatic carbocycles. The first-order valence-corrected chi connectivity index (χ1v) is 6.70. The van der Waals surface area contributed by atoms with E-state index in [-0.39, 0.29) is 6.10 Å². The van der Waals surface area contributed by atoms with Crippen molar-refractivity contribution in [2.24, 2.45) is 5.92 Å². The van der Waals surface area contributed by atoms with Gasteiger partial charge in [0.25, 0.3) is 0 Å². The minimum Gasteiger partial charge on any atom is -0.493 e. The van der Waals surface area contributed by atoms with Crippen LogP contribution in [0.15, 0.2) is 24.3 Å². The van der Waals surface area contributed by atoms with Gasteiger partial charge in [-0.05, 0) is 31.2 Å². The highest BCUT2D eigenvalue weighted by Crippen LogP contribution is 2.41. The highest BCUT2D eigenvalue weighted by molar-refractivity contribution is 5.36. The molecule has 2 atom stereocenters. The number of ether oxygens (including phenoxy) is 2. The molecule has 0 spiro atoms. The summed E-state index contributed by atoms with van der Waals surface area (Å²) in [5.74, 6) is 1.26. The zero-order valence-corrected chi connectivity index (χ0v) is 11.1. The summed E-state index contributed by atoms with van der Waals surface area (Å²) in [6.07, 6.45) is 2.54. The van der Waals surface area contributed by atoms with Crippen molar-refractivity contribution >= 4 is 0 Å². The summed E-state index contributed by atoms with van der Waals surface area (Å²) in [4.78, 5) is 0. The Bertz CT molecular complexity index is 374. The standard InChI is InChI=1S/C15H22O3/c1-3-10-18-13-7-5-4-6-12(13)14(16)15(17-2)11-8-9-11/h4-7,11,14-16H,3,8-10H2,1-2H3. The molecule has 0 aliphatic heterocycles. The minimum atomic E-state index is -0.601. The van der Waals surface area contributed by atoms with Crippen LogP contribution in [0.5, 0.6) is 5.75 Å². The predicted molar refractivity (Wildman–Crippen MR) is 70.7 cm³/mol. The van der Waals surface area contributed by atoms with Gasteiger partial charge < -0.3 is 14.6 Å². The number of benzene rings is 1. The van der Waals surface area contributed by atoms with Gasteiger partial charge in [0.05, 0.1) is 12.7 Å². The average molecular weight is 250 g/mol. The van der Waals surface area contributed by atoms with Gasteiger partial charge in [-0.3, -0.25) is 0 Å². The maximum absolute atomic E-state index is 10.5. The second kappa shape index (κ2) is 6.21. The molecule has 0 bridgehead atoms. The van der Waals surface area contributed by atoms with Crippen molar-refractivity contribution < 1.29 is 14.6 Å². The third-order valence-corrected chi connectivity index (χ3v) is 3.37. The predicted octanol–water partition coefficient (Wildman–Crippen LogP) is 2.93. The Morgan fingerprint density at radius 3 is 2.67 bits per heavy atom. The smallest absolute Gasteiger partial charge is 0.125 e. The summed E-state index contributed by atoms with van der Waals surface area (Å²) in [5.41, 5.74) is 0.838. The lowest BCUT2D eigenvalue weighted by Gasteiger charge is -2.23. The third kappa shape index (κ3) is 3.03. The van der Waals surface area contributed by atoms with Crippen molar-refractivity contribution in [3.05, 3.63) is 29.8 Å². The van der Waals surface area contributed by atoms with Crippen LogP contribution in [0.25, 0.3) is 0 Å². The molecule has 1 N–H and O–H groups in total. The summed E-state index contributed by atoms with van der Waals surface area (Å²) < 4.78 is 11.1. The van der Waals surface area contributed by atoms with Crippen molar-refractivity contribution in [1.82, 2.24) is 0 Å². The fourth-order valence-corrected chi connectivity index (χ4v) is 2.25. The van der Waals surface area contributed by atoms with E-state index in [9.17, 15) is 5.11 Å². The minimum absolute atomic E-state index is 0.114. The largest absolute Gasteiger partial charge is 0.493 e. The molecule has 2 rings (SSSR count).